The molecule has 88 valence electrons. The van der Waals surface area contributed by atoms with Crippen LogP contribution < -0.4 is 5.73 Å². The van der Waals surface area contributed by atoms with Gasteiger partial charge >= 0.3 is 0 Å². The van der Waals surface area contributed by atoms with E-state index in [4.69, 9.17) is 10.5 Å². The molecule has 1 aromatic heterocycles. The first-order chi connectivity index (χ1) is 7.66. The molecule has 2 unspecified atom stereocenters. The summed E-state index contributed by atoms with van der Waals surface area (Å²) in [6.45, 7) is 5.71. The van der Waals surface area contributed by atoms with Gasteiger partial charge in [0, 0.05) is 30.0 Å². The molecule has 1 fully saturated rings. The molecular formula is C13H20N2O. The Bertz CT molecular complexity index is 339. The SMILES string of the molecule is Cc1cc(C(N)C2CCCOC2)cc(C)n1. The summed E-state index contributed by atoms with van der Waals surface area (Å²) in [5.74, 6) is 0.454. The largest absolute Gasteiger partial charge is 0.381 e. The fourth-order valence-electron chi connectivity index (χ4n) is 2.38. The lowest BCUT2D eigenvalue weighted by Crippen LogP contribution is -2.29. The molecule has 1 aliphatic heterocycles. The van der Waals surface area contributed by atoms with Crippen LogP contribution in [0.25, 0.3) is 0 Å². The molecule has 16 heavy (non-hydrogen) atoms. The predicted octanol–water partition coefficient (Wildman–Crippen LogP) is 2.12. The summed E-state index contributed by atoms with van der Waals surface area (Å²) in [6, 6.07) is 4.26. The van der Waals surface area contributed by atoms with Crippen molar-refractivity contribution in [3.05, 3.63) is 29.1 Å². The van der Waals surface area contributed by atoms with Gasteiger partial charge in [-0.25, -0.2) is 0 Å². The summed E-state index contributed by atoms with van der Waals surface area (Å²) in [5.41, 5.74) is 9.58. The molecular weight excluding hydrogens is 200 g/mol. The van der Waals surface area contributed by atoms with Crippen LogP contribution in [0.4, 0.5) is 0 Å². The Morgan fingerprint density at radius 1 is 1.38 bits per heavy atom. The van der Waals surface area contributed by atoms with Crippen LogP contribution in [0.2, 0.25) is 0 Å². The van der Waals surface area contributed by atoms with Crippen molar-refractivity contribution in [1.29, 1.82) is 0 Å². The van der Waals surface area contributed by atoms with Crippen LogP contribution in [0.3, 0.4) is 0 Å². The minimum Gasteiger partial charge on any atom is -0.381 e. The maximum atomic E-state index is 6.30. The lowest BCUT2D eigenvalue weighted by atomic mass is 9.89. The molecule has 0 amide bonds. The van der Waals surface area contributed by atoms with E-state index in [1.165, 1.54) is 12.0 Å². The van der Waals surface area contributed by atoms with Crippen molar-refractivity contribution < 1.29 is 4.74 Å². The smallest absolute Gasteiger partial charge is 0.0512 e. The van der Waals surface area contributed by atoms with Gasteiger partial charge < -0.3 is 10.5 Å². The van der Waals surface area contributed by atoms with Crippen molar-refractivity contribution in [2.45, 2.75) is 32.7 Å². The fraction of sp³-hybridized carbons (Fsp3) is 0.615. The number of hydrogen-bond donors (Lipinski definition) is 1. The lowest BCUT2D eigenvalue weighted by molar-refractivity contribution is 0.0447. The summed E-state index contributed by atoms with van der Waals surface area (Å²) in [7, 11) is 0. The second kappa shape index (κ2) is 4.93. The van der Waals surface area contributed by atoms with Crippen LogP contribution in [-0.4, -0.2) is 18.2 Å². The average Bonchev–Trinajstić information content (AvgIpc) is 2.28. The normalized spacial score (nSPS) is 23.1. The number of ether oxygens (including phenoxy) is 1. The molecule has 2 rings (SSSR count). The Labute approximate surface area is 97.0 Å². The minimum absolute atomic E-state index is 0.0840. The Balaban J connectivity index is 2.15. The highest BCUT2D eigenvalue weighted by molar-refractivity contribution is 5.24. The Kier molecular flexibility index (Phi) is 3.56. The van der Waals surface area contributed by atoms with Crippen LogP contribution in [0.15, 0.2) is 12.1 Å². The average molecular weight is 220 g/mol. The molecule has 2 atom stereocenters. The van der Waals surface area contributed by atoms with Gasteiger partial charge in [-0.05, 0) is 44.4 Å². The first-order valence-electron chi connectivity index (χ1n) is 5.95. The summed E-state index contributed by atoms with van der Waals surface area (Å²) >= 11 is 0. The van der Waals surface area contributed by atoms with E-state index in [0.29, 0.717) is 5.92 Å². The van der Waals surface area contributed by atoms with Gasteiger partial charge in [0.05, 0.1) is 6.61 Å². The van der Waals surface area contributed by atoms with E-state index in [-0.39, 0.29) is 6.04 Å². The topological polar surface area (TPSA) is 48.1 Å². The Morgan fingerprint density at radius 3 is 2.62 bits per heavy atom. The van der Waals surface area contributed by atoms with Crippen molar-refractivity contribution in [1.82, 2.24) is 4.98 Å². The van der Waals surface area contributed by atoms with E-state index in [1.807, 2.05) is 13.8 Å². The second-order valence-corrected chi connectivity index (χ2v) is 4.69. The van der Waals surface area contributed by atoms with Crippen molar-refractivity contribution in [2.75, 3.05) is 13.2 Å². The zero-order valence-electron chi connectivity index (χ0n) is 10.1. The predicted molar refractivity (Wildman–Crippen MR) is 64.2 cm³/mol. The number of rotatable bonds is 2. The highest BCUT2D eigenvalue weighted by Crippen LogP contribution is 2.27. The van der Waals surface area contributed by atoms with Crippen molar-refractivity contribution in [3.8, 4) is 0 Å². The van der Waals surface area contributed by atoms with E-state index in [1.54, 1.807) is 0 Å². The summed E-state index contributed by atoms with van der Waals surface area (Å²) in [4.78, 5) is 4.37. The summed E-state index contributed by atoms with van der Waals surface area (Å²) < 4.78 is 5.49. The van der Waals surface area contributed by atoms with Gasteiger partial charge in [0.25, 0.3) is 0 Å². The van der Waals surface area contributed by atoms with Crippen LogP contribution >= 0.6 is 0 Å². The number of aryl methyl sites for hydroxylation is 2. The second-order valence-electron chi connectivity index (χ2n) is 4.69. The summed E-state index contributed by atoms with van der Waals surface area (Å²) in [5, 5.41) is 0. The highest BCUT2D eigenvalue weighted by atomic mass is 16.5. The molecule has 1 aromatic rings. The number of hydrogen-bond acceptors (Lipinski definition) is 3. The Morgan fingerprint density at radius 2 is 2.06 bits per heavy atom. The quantitative estimate of drug-likeness (QED) is 0.830. The molecule has 0 aromatic carbocycles. The molecule has 0 saturated carbocycles. The molecule has 2 heterocycles. The van der Waals surface area contributed by atoms with Crippen LogP contribution in [0, 0.1) is 19.8 Å². The van der Waals surface area contributed by atoms with Crippen molar-refractivity contribution in [3.63, 3.8) is 0 Å². The standard InChI is InChI=1S/C13H20N2O/c1-9-6-12(7-10(2)15-9)13(14)11-4-3-5-16-8-11/h6-7,11,13H,3-5,8,14H2,1-2H3. The van der Waals surface area contributed by atoms with E-state index in [0.717, 1.165) is 31.0 Å². The van der Waals surface area contributed by atoms with Gasteiger partial charge in [0.2, 0.25) is 0 Å². The van der Waals surface area contributed by atoms with E-state index < -0.39 is 0 Å². The minimum atomic E-state index is 0.0840. The van der Waals surface area contributed by atoms with Crippen LogP contribution in [0.5, 0.6) is 0 Å². The third kappa shape index (κ3) is 2.60. The molecule has 0 bridgehead atoms. The number of pyridine rings is 1. The van der Waals surface area contributed by atoms with Gasteiger partial charge in [-0.1, -0.05) is 0 Å². The first kappa shape index (κ1) is 11.6. The van der Waals surface area contributed by atoms with Crippen molar-refractivity contribution >= 4 is 0 Å². The first-order valence-corrected chi connectivity index (χ1v) is 5.95. The van der Waals surface area contributed by atoms with Crippen molar-refractivity contribution in [2.24, 2.45) is 11.7 Å². The van der Waals surface area contributed by atoms with E-state index >= 15 is 0 Å². The molecule has 1 aliphatic rings. The summed E-state index contributed by atoms with van der Waals surface area (Å²) in [6.07, 6.45) is 2.29. The Hall–Kier alpha value is -0.930. The van der Waals surface area contributed by atoms with Gasteiger partial charge in [0.15, 0.2) is 0 Å². The highest BCUT2D eigenvalue weighted by Gasteiger charge is 2.22. The number of nitrogens with zero attached hydrogens (tertiary/aromatic N) is 1. The van der Waals surface area contributed by atoms with Crippen LogP contribution in [-0.2, 0) is 4.74 Å². The van der Waals surface area contributed by atoms with Gasteiger partial charge in [-0.15, -0.1) is 0 Å². The zero-order valence-corrected chi connectivity index (χ0v) is 10.1. The zero-order chi connectivity index (χ0) is 11.5. The fourth-order valence-corrected chi connectivity index (χ4v) is 2.38. The molecule has 0 spiro atoms. The van der Waals surface area contributed by atoms with Gasteiger partial charge in [0.1, 0.15) is 0 Å². The molecule has 1 saturated heterocycles. The molecule has 2 N–H and O–H groups in total. The maximum absolute atomic E-state index is 6.30. The van der Waals surface area contributed by atoms with Crippen LogP contribution in [0.1, 0.15) is 35.8 Å². The van der Waals surface area contributed by atoms with E-state index in [9.17, 15) is 0 Å². The molecule has 3 nitrogen and oxygen atoms in total. The third-order valence-corrected chi connectivity index (χ3v) is 3.19. The van der Waals surface area contributed by atoms with Gasteiger partial charge in [-0.2, -0.15) is 0 Å². The third-order valence-electron chi connectivity index (χ3n) is 3.19. The van der Waals surface area contributed by atoms with E-state index in [2.05, 4.69) is 17.1 Å². The number of nitrogens with two attached hydrogens (primary N) is 1. The molecule has 0 radical (unpaired) electrons. The molecule has 3 heteroatoms. The molecule has 0 aliphatic carbocycles. The monoisotopic (exact) mass is 220 g/mol. The number of aromatic nitrogens is 1. The lowest BCUT2D eigenvalue weighted by Gasteiger charge is -2.28. The van der Waals surface area contributed by atoms with Gasteiger partial charge in [-0.3, -0.25) is 4.98 Å². The maximum Gasteiger partial charge on any atom is 0.0512 e.